The second-order valence-corrected chi connectivity index (χ2v) is 3.48. The minimum absolute atomic E-state index is 0.547. The fourth-order valence-electron chi connectivity index (χ4n) is 1.42. The van der Waals surface area contributed by atoms with Gasteiger partial charge in [-0.1, -0.05) is 17.7 Å². The zero-order chi connectivity index (χ0) is 10.1. The van der Waals surface area contributed by atoms with Crippen molar-refractivity contribution in [3.63, 3.8) is 0 Å². The van der Waals surface area contributed by atoms with Crippen LogP contribution in [0.3, 0.4) is 0 Å². The van der Waals surface area contributed by atoms with Crippen molar-refractivity contribution in [2.45, 2.75) is 6.92 Å². The molecule has 0 aliphatic carbocycles. The number of pyridine rings is 1. The molecule has 0 bridgehead atoms. The predicted molar refractivity (Wildman–Crippen MR) is 58.0 cm³/mol. The molecule has 2 rings (SSSR count). The molecule has 0 radical (unpaired) electrons. The van der Waals surface area contributed by atoms with Crippen LogP contribution in [0.15, 0.2) is 24.3 Å². The van der Waals surface area contributed by atoms with E-state index in [0.717, 1.165) is 22.2 Å². The fourth-order valence-corrected chi connectivity index (χ4v) is 1.57. The Labute approximate surface area is 87.5 Å². The summed E-state index contributed by atoms with van der Waals surface area (Å²) in [5, 5.41) is 1.54. The molecule has 0 saturated carbocycles. The number of methoxy groups -OCH3 is 1. The van der Waals surface area contributed by atoms with Crippen LogP contribution in [0.1, 0.15) is 5.56 Å². The smallest absolute Gasteiger partial charge is 0.132 e. The molecule has 72 valence electrons. The van der Waals surface area contributed by atoms with Crippen LogP contribution in [0.5, 0.6) is 5.75 Å². The van der Waals surface area contributed by atoms with E-state index >= 15 is 0 Å². The lowest BCUT2D eigenvalue weighted by Crippen LogP contribution is -1.88. The molecule has 0 unspecified atom stereocenters. The van der Waals surface area contributed by atoms with Gasteiger partial charge < -0.3 is 4.74 Å². The van der Waals surface area contributed by atoms with Crippen molar-refractivity contribution < 1.29 is 4.74 Å². The van der Waals surface area contributed by atoms with Gasteiger partial charge in [0.2, 0.25) is 0 Å². The zero-order valence-electron chi connectivity index (χ0n) is 8.04. The Morgan fingerprint density at radius 2 is 2.14 bits per heavy atom. The van der Waals surface area contributed by atoms with Gasteiger partial charge in [0.25, 0.3) is 0 Å². The monoisotopic (exact) mass is 207 g/mol. The van der Waals surface area contributed by atoms with Crippen molar-refractivity contribution in [2.24, 2.45) is 0 Å². The summed E-state index contributed by atoms with van der Waals surface area (Å²) in [6.07, 6.45) is 0. The number of aryl methyl sites for hydroxylation is 1. The molecular formula is C11H10ClNO. The maximum atomic E-state index is 5.93. The second kappa shape index (κ2) is 3.46. The first-order valence-electron chi connectivity index (χ1n) is 4.32. The van der Waals surface area contributed by atoms with E-state index < -0.39 is 0 Å². The summed E-state index contributed by atoms with van der Waals surface area (Å²) in [5.41, 5.74) is 1.82. The van der Waals surface area contributed by atoms with Crippen LogP contribution in [-0.4, -0.2) is 12.1 Å². The SMILES string of the molecule is COc1cccc2nc(Cl)c(C)cc12. The molecule has 0 fully saturated rings. The summed E-state index contributed by atoms with van der Waals surface area (Å²) >= 11 is 5.93. The van der Waals surface area contributed by atoms with Gasteiger partial charge >= 0.3 is 0 Å². The lowest BCUT2D eigenvalue weighted by atomic mass is 10.1. The Morgan fingerprint density at radius 3 is 2.86 bits per heavy atom. The van der Waals surface area contributed by atoms with E-state index in [-0.39, 0.29) is 0 Å². The van der Waals surface area contributed by atoms with E-state index in [1.54, 1.807) is 7.11 Å². The Hall–Kier alpha value is -1.28. The number of aromatic nitrogens is 1. The van der Waals surface area contributed by atoms with Gasteiger partial charge in [-0.3, -0.25) is 0 Å². The number of fused-ring (bicyclic) bond motifs is 1. The van der Waals surface area contributed by atoms with Crippen molar-refractivity contribution in [2.75, 3.05) is 7.11 Å². The number of rotatable bonds is 1. The topological polar surface area (TPSA) is 22.1 Å². The van der Waals surface area contributed by atoms with E-state index in [9.17, 15) is 0 Å². The molecule has 0 saturated heterocycles. The Bertz CT molecular complexity index is 482. The van der Waals surface area contributed by atoms with Crippen LogP contribution in [0.2, 0.25) is 5.15 Å². The summed E-state index contributed by atoms with van der Waals surface area (Å²) in [6.45, 7) is 1.93. The normalized spacial score (nSPS) is 10.5. The third-order valence-corrected chi connectivity index (χ3v) is 2.55. The molecule has 14 heavy (non-hydrogen) atoms. The van der Waals surface area contributed by atoms with E-state index in [1.807, 2.05) is 31.2 Å². The molecule has 1 aromatic heterocycles. The fraction of sp³-hybridized carbons (Fsp3) is 0.182. The molecule has 0 spiro atoms. The summed E-state index contributed by atoms with van der Waals surface area (Å²) in [7, 11) is 1.65. The maximum Gasteiger partial charge on any atom is 0.132 e. The molecular weight excluding hydrogens is 198 g/mol. The number of hydrogen-bond acceptors (Lipinski definition) is 2. The number of nitrogens with zero attached hydrogens (tertiary/aromatic N) is 1. The molecule has 0 aliphatic heterocycles. The molecule has 2 aromatic rings. The van der Waals surface area contributed by atoms with Crippen LogP contribution in [0, 0.1) is 6.92 Å². The Kier molecular flexibility index (Phi) is 2.30. The highest BCUT2D eigenvalue weighted by Gasteiger charge is 2.04. The average molecular weight is 208 g/mol. The number of benzene rings is 1. The molecule has 0 N–H and O–H groups in total. The van der Waals surface area contributed by atoms with Gasteiger partial charge in [-0.15, -0.1) is 0 Å². The van der Waals surface area contributed by atoms with Gasteiger partial charge in [-0.25, -0.2) is 4.98 Å². The van der Waals surface area contributed by atoms with Crippen molar-refractivity contribution in [1.29, 1.82) is 0 Å². The maximum absolute atomic E-state index is 5.93. The van der Waals surface area contributed by atoms with Crippen LogP contribution < -0.4 is 4.74 Å². The van der Waals surface area contributed by atoms with Crippen molar-refractivity contribution in [1.82, 2.24) is 4.98 Å². The number of hydrogen-bond donors (Lipinski definition) is 0. The molecule has 0 atom stereocenters. The average Bonchev–Trinajstić information content (AvgIpc) is 2.19. The van der Waals surface area contributed by atoms with Crippen molar-refractivity contribution in [3.8, 4) is 5.75 Å². The molecule has 1 aromatic carbocycles. The molecule has 0 amide bonds. The quantitative estimate of drug-likeness (QED) is 0.670. The summed E-state index contributed by atoms with van der Waals surface area (Å²) in [5.74, 6) is 0.828. The summed E-state index contributed by atoms with van der Waals surface area (Å²) < 4.78 is 5.24. The van der Waals surface area contributed by atoms with Gasteiger partial charge in [0.05, 0.1) is 12.6 Å². The Balaban J connectivity index is 2.81. The van der Waals surface area contributed by atoms with Crippen LogP contribution in [0.25, 0.3) is 10.9 Å². The van der Waals surface area contributed by atoms with Gasteiger partial charge in [-0.2, -0.15) is 0 Å². The van der Waals surface area contributed by atoms with Crippen LogP contribution in [-0.2, 0) is 0 Å². The minimum Gasteiger partial charge on any atom is -0.496 e. The van der Waals surface area contributed by atoms with Gasteiger partial charge in [0, 0.05) is 5.39 Å². The number of halogens is 1. The first-order chi connectivity index (χ1) is 6.72. The van der Waals surface area contributed by atoms with Gasteiger partial charge in [0.15, 0.2) is 0 Å². The molecule has 2 nitrogen and oxygen atoms in total. The number of ether oxygens (including phenoxy) is 1. The Morgan fingerprint density at radius 1 is 1.36 bits per heavy atom. The third kappa shape index (κ3) is 1.42. The minimum atomic E-state index is 0.547. The lowest BCUT2D eigenvalue weighted by molar-refractivity contribution is 0.419. The largest absolute Gasteiger partial charge is 0.496 e. The van der Waals surface area contributed by atoms with Crippen LogP contribution >= 0.6 is 11.6 Å². The van der Waals surface area contributed by atoms with E-state index in [2.05, 4.69) is 4.98 Å². The lowest BCUT2D eigenvalue weighted by Gasteiger charge is -2.06. The zero-order valence-corrected chi connectivity index (χ0v) is 8.80. The summed E-state index contributed by atoms with van der Waals surface area (Å²) in [4.78, 5) is 4.27. The molecule has 1 heterocycles. The van der Waals surface area contributed by atoms with E-state index in [0.29, 0.717) is 5.15 Å². The van der Waals surface area contributed by atoms with E-state index in [4.69, 9.17) is 16.3 Å². The molecule has 0 aliphatic rings. The van der Waals surface area contributed by atoms with Crippen molar-refractivity contribution in [3.05, 3.63) is 35.0 Å². The second-order valence-electron chi connectivity index (χ2n) is 3.12. The predicted octanol–water partition coefficient (Wildman–Crippen LogP) is 3.21. The third-order valence-electron chi connectivity index (χ3n) is 2.17. The highest BCUT2D eigenvalue weighted by molar-refractivity contribution is 6.30. The van der Waals surface area contributed by atoms with Crippen LogP contribution in [0.4, 0.5) is 0 Å². The van der Waals surface area contributed by atoms with E-state index in [1.165, 1.54) is 0 Å². The van der Waals surface area contributed by atoms with Gasteiger partial charge in [0.1, 0.15) is 10.9 Å². The summed E-state index contributed by atoms with van der Waals surface area (Å²) in [6, 6.07) is 7.73. The van der Waals surface area contributed by atoms with Gasteiger partial charge in [-0.05, 0) is 30.7 Å². The standard InChI is InChI=1S/C11H10ClNO/c1-7-6-8-9(13-11(7)12)4-3-5-10(8)14-2/h3-6H,1-2H3. The van der Waals surface area contributed by atoms with Crippen molar-refractivity contribution >= 4 is 22.5 Å². The molecule has 3 heteroatoms. The highest BCUT2D eigenvalue weighted by atomic mass is 35.5. The highest BCUT2D eigenvalue weighted by Crippen LogP contribution is 2.27. The first kappa shape index (κ1) is 9.28. The first-order valence-corrected chi connectivity index (χ1v) is 4.70.